The molecular formula is C22H18O2. The average molecular weight is 314 g/mol. The molecule has 0 aliphatic carbocycles. The molecule has 0 aromatic heterocycles. The molecule has 24 heavy (non-hydrogen) atoms. The minimum Gasteiger partial charge on any atom is -0.457 e. The van der Waals surface area contributed by atoms with E-state index in [-0.39, 0.29) is 17.6 Å². The molecule has 0 N–H and O–H groups in total. The molecule has 118 valence electrons. The van der Waals surface area contributed by atoms with Crippen LogP contribution in [0.5, 0.6) is 11.5 Å². The second-order valence-corrected chi connectivity index (χ2v) is 6.17. The van der Waals surface area contributed by atoms with E-state index in [1.54, 1.807) is 0 Å². The third-order valence-corrected chi connectivity index (χ3v) is 4.70. The Bertz CT molecular complexity index is 838. The Kier molecular flexibility index (Phi) is 3.66. The zero-order valence-corrected chi connectivity index (χ0v) is 13.5. The SMILES string of the molecule is CC(C(=O)c1ccccc1)C1c2ccccc2Oc2ccccc21. The fourth-order valence-corrected chi connectivity index (χ4v) is 3.50. The van der Waals surface area contributed by atoms with Gasteiger partial charge < -0.3 is 4.74 Å². The van der Waals surface area contributed by atoms with E-state index in [1.165, 1.54) is 0 Å². The van der Waals surface area contributed by atoms with Gasteiger partial charge in [0.1, 0.15) is 11.5 Å². The lowest BCUT2D eigenvalue weighted by molar-refractivity contribution is 0.0917. The smallest absolute Gasteiger partial charge is 0.166 e. The number of Topliss-reactive ketones (excluding diaryl/α,β-unsaturated/α-hetero) is 1. The minimum absolute atomic E-state index is 0.00106. The van der Waals surface area contributed by atoms with Gasteiger partial charge in [0.15, 0.2) is 5.78 Å². The Morgan fingerprint density at radius 1 is 0.792 bits per heavy atom. The van der Waals surface area contributed by atoms with Crippen LogP contribution in [-0.4, -0.2) is 5.78 Å². The zero-order valence-electron chi connectivity index (χ0n) is 13.5. The van der Waals surface area contributed by atoms with Crippen LogP contribution in [0, 0.1) is 5.92 Å². The highest BCUT2D eigenvalue weighted by atomic mass is 16.5. The van der Waals surface area contributed by atoms with Crippen LogP contribution in [0.3, 0.4) is 0 Å². The second kappa shape index (κ2) is 5.97. The molecule has 2 heteroatoms. The molecule has 3 aromatic rings. The van der Waals surface area contributed by atoms with Gasteiger partial charge in [0.25, 0.3) is 0 Å². The Morgan fingerprint density at radius 2 is 1.29 bits per heavy atom. The molecule has 2 nitrogen and oxygen atoms in total. The lowest BCUT2D eigenvalue weighted by Crippen LogP contribution is -2.23. The number of hydrogen-bond acceptors (Lipinski definition) is 2. The molecule has 1 atom stereocenters. The van der Waals surface area contributed by atoms with Gasteiger partial charge in [0.05, 0.1) is 0 Å². The Balaban J connectivity index is 1.81. The van der Waals surface area contributed by atoms with Gasteiger partial charge in [-0.15, -0.1) is 0 Å². The van der Waals surface area contributed by atoms with E-state index >= 15 is 0 Å². The summed E-state index contributed by atoms with van der Waals surface area (Å²) in [5.74, 6) is 1.67. The van der Waals surface area contributed by atoms with Crippen molar-refractivity contribution in [2.24, 2.45) is 5.92 Å². The van der Waals surface area contributed by atoms with Gasteiger partial charge in [-0.05, 0) is 12.1 Å². The predicted molar refractivity (Wildman–Crippen MR) is 94.7 cm³/mol. The number of ketones is 1. The van der Waals surface area contributed by atoms with Crippen molar-refractivity contribution in [1.29, 1.82) is 0 Å². The third kappa shape index (κ3) is 2.41. The largest absolute Gasteiger partial charge is 0.457 e. The van der Waals surface area contributed by atoms with Crippen LogP contribution in [0.4, 0.5) is 0 Å². The van der Waals surface area contributed by atoms with Crippen LogP contribution in [0.2, 0.25) is 0 Å². The highest BCUT2D eigenvalue weighted by molar-refractivity contribution is 5.98. The van der Waals surface area contributed by atoms with Gasteiger partial charge in [-0.25, -0.2) is 0 Å². The Hall–Kier alpha value is -2.87. The van der Waals surface area contributed by atoms with Crippen molar-refractivity contribution in [3.63, 3.8) is 0 Å². The molecule has 3 aromatic carbocycles. The fourth-order valence-electron chi connectivity index (χ4n) is 3.50. The number of rotatable bonds is 3. The normalized spacial score (nSPS) is 14.2. The number of carbonyl (C=O) groups excluding carboxylic acids is 1. The fraction of sp³-hybridized carbons (Fsp3) is 0.136. The highest BCUT2D eigenvalue weighted by Gasteiger charge is 2.34. The van der Waals surface area contributed by atoms with E-state index in [9.17, 15) is 4.79 Å². The number of carbonyl (C=O) groups is 1. The molecule has 1 unspecified atom stereocenters. The van der Waals surface area contributed by atoms with E-state index < -0.39 is 0 Å². The number of benzene rings is 3. The van der Waals surface area contributed by atoms with Crippen molar-refractivity contribution in [1.82, 2.24) is 0 Å². The van der Waals surface area contributed by atoms with Crippen LogP contribution in [0.25, 0.3) is 0 Å². The molecule has 0 radical (unpaired) electrons. The highest BCUT2D eigenvalue weighted by Crippen LogP contribution is 2.47. The van der Waals surface area contributed by atoms with Gasteiger partial charge in [-0.3, -0.25) is 4.79 Å². The summed E-state index contributed by atoms with van der Waals surface area (Å²) in [4.78, 5) is 13.0. The third-order valence-electron chi connectivity index (χ3n) is 4.70. The van der Waals surface area contributed by atoms with E-state index in [4.69, 9.17) is 4.74 Å². The quantitative estimate of drug-likeness (QED) is 0.601. The van der Waals surface area contributed by atoms with Crippen molar-refractivity contribution in [3.05, 3.63) is 95.6 Å². The standard InChI is InChI=1S/C22H18O2/c1-15(22(23)16-9-3-2-4-10-16)21-17-11-5-7-13-19(17)24-20-14-8-6-12-18(20)21/h2-15,21H,1H3. The van der Waals surface area contributed by atoms with Crippen LogP contribution in [0.1, 0.15) is 34.3 Å². The van der Waals surface area contributed by atoms with Crippen LogP contribution < -0.4 is 4.74 Å². The van der Waals surface area contributed by atoms with E-state index in [1.807, 2.05) is 73.7 Å². The molecule has 1 aliphatic rings. The summed E-state index contributed by atoms with van der Waals surface area (Å²) in [7, 11) is 0. The van der Waals surface area contributed by atoms with Gasteiger partial charge in [-0.2, -0.15) is 0 Å². The average Bonchev–Trinajstić information content (AvgIpc) is 2.65. The predicted octanol–water partition coefficient (Wildman–Crippen LogP) is 5.44. The topological polar surface area (TPSA) is 26.3 Å². The number of ether oxygens (including phenoxy) is 1. The molecule has 4 rings (SSSR count). The first-order chi connectivity index (χ1) is 11.8. The number of para-hydroxylation sites is 2. The van der Waals surface area contributed by atoms with Gasteiger partial charge in [0, 0.05) is 28.5 Å². The van der Waals surface area contributed by atoms with Crippen molar-refractivity contribution < 1.29 is 9.53 Å². The minimum atomic E-state index is -0.168. The Labute approximate surface area is 141 Å². The lowest BCUT2D eigenvalue weighted by atomic mass is 9.76. The van der Waals surface area contributed by atoms with Crippen molar-refractivity contribution in [2.45, 2.75) is 12.8 Å². The van der Waals surface area contributed by atoms with E-state index in [0.29, 0.717) is 0 Å². The first kappa shape index (κ1) is 14.7. The van der Waals surface area contributed by atoms with Crippen molar-refractivity contribution in [2.75, 3.05) is 0 Å². The summed E-state index contributed by atoms with van der Waals surface area (Å²) < 4.78 is 6.03. The first-order valence-corrected chi connectivity index (χ1v) is 8.20. The van der Waals surface area contributed by atoms with Crippen molar-refractivity contribution >= 4 is 5.78 Å². The summed E-state index contributed by atoms with van der Waals surface area (Å²) in [6.07, 6.45) is 0. The number of hydrogen-bond donors (Lipinski definition) is 0. The van der Waals surface area contributed by atoms with Crippen molar-refractivity contribution in [3.8, 4) is 11.5 Å². The maximum atomic E-state index is 13.0. The summed E-state index contributed by atoms with van der Waals surface area (Å²) in [6, 6.07) is 25.5. The van der Waals surface area contributed by atoms with Gasteiger partial charge in [0.2, 0.25) is 0 Å². The molecule has 0 spiro atoms. The molecule has 0 saturated carbocycles. The van der Waals surface area contributed by atoms with Gasteiger partial charge in [-0.1, -0.05) is 73.7 Å². The maximum Gasteiger partial charge on any atom is 0.166 e. The Morgan fingerprint density at radius 3 is 1.88 bits per heavy atom. The zero-order chi connectivity index (χ0) is 16.5. The van der Waals surface area contributed by atoms with E-state index in [0.717, 1.165) is 28.2 Å². The maximum absolute atomic E-state index is 13.0. The summed E-state index contributed by atoms with van der Waals surface area (Å²) in [5, 5.41) is 0. The van der Waals surface area contributed by atoms with Gasteiger partial charge >= 0.3 is 0 Å². The molecule has 0 bridgehead atoms. The number of fused-ring (bicyclic) bond motifs is 2. The molecule has 0 fully saturated rings. The van der Waals surface area contributed by atoms with E-state index in [2.05, 4.69) is 12.1 Å². The summed E-state index contributed by atoms with van der Waals surface area (Å²) in [5.41, 5.74) is 2.91. The molecule has 1 aliphatic heterocycles. The van der Waals surface area contributed by atoms with Crippen LogP contribution in [0.15, 0.2) is 78.9 Å². The second-order valence-electron chi connectivity index (χ2n) is 6.17. The first-order valence-electron chi connectivity index (χ1n) is 8.20. The summed E-state index contributed by atoms with van der Waals surface area (Å²) >= 11 is 0. The van der Waals surface area contributed by atoms with Crippen LogP contribution in [-0.2, 0) is 0 Å². The molecule has 0 amide bonds. The molecule has 1 heterocycles. The lowest BCUT2D eigenvalue weighted by Gasteiger charge is -2.31. The summed E-state index contributed by atoms with van der Waals surface area (Å²) in [6.45, 7) is 2.01. The molecular weight excluding hydrogens is 296 g/mol. The monoisotopic (exact) mass is 314 g/mol. The molecule has 0 saturated heterocycles. The van der Waals surface area contributed by atoms with Crippen LogP contribution >= 0.6 is 0 Å².